The van der Waals surface area contributed by atoms with Crippen LogP contribution in [0.3, 0.4) is 0 Å². The smallest absolute Gasteiger partial charge is 0.276 e. The lowest BCUT2D eigenvalue weighted by Crippen LogP contribution is -2.48. The van der Waals surface area contributed by atoms with Gasteiger partial charge in [-0.2, -0.15) is 0 Å². The summed E-state index contributed by atoms with van der Waals surface area (Å²) >= 11 is 0. The average Bonchev–Trinajstić information content (AvgIpc) is 3.24. The van der Waals surface area contributed by atoms with Crippen molar-refractivity contribution in [2.75, 3.05) is 13.1 Å². The van der Waals surface area contributed by atoms with Crippen LogP contribution in [0, 0.1) is 5.82 Å². The van der Waals surface area contributed by atoms with Gasteiger partial charge in [0, 0.05) is 18.7 Å². The molecule has 0 unspecified atom stereocenters. The molecule has 0 N–H and O–H groups in total. The predicted molar refractivity (Wildman–Crippen MR) is 106 cm³/mol. The second-order valence-electron chi connectivity index (χ2n) is 7.33. The summed E-state index contributed by atoms with van der Waals surface area (Å²) in [4.78, 5) is 31.4. The number of rotatable bonds is 4. The minimum Gasteiger partial charge on any atom is -0.443 e. The topological polar surface area (TPSA) is 63.4 Å². The molecule has 0 atom stereocenters. The van der Waals surface area contributed by atoms with Crippen molar-refractivity contribution < 1.29 is 18.4 Å². The van der Waals surface area contributed by atoms with E-state index < -0.39 is 5.41 Å². The fourth-order valence-electron chi connectivity index (χ4n) is 4.05. The Morgan fingerprint density at radius 3 is 2.31 bits per heavy atom. The zero-order valence-corrected chi connectivity index (χ0v) is 16.1. The van der Waals surface area contributed by atoms with Crippen LogP contribution in [-0.2, 0) is 10.2 Å². The number of halogens is 1. The molecule has 0 spiro atoms. The van der Waals surface area contributed by atoms with E-state index in [1.807, 2.05) is 30.3 Å². The third-order valence-electron chi connectivity index (χ3n) is 5.78. The minimum atomic E-state index is -0.568. The van der Waals surface area contributed by atoms with Gasteiger partial charge in [0.25, 0.3) is 5.91 Å². The van der Waals surface area contributed by atoms with Crippen LogP contribution in [0.15, 0.2) is 65.4 Å². The Bertz CT molecular complexity index is 1020. The van der Waals surface area contributed by atoms with Gasteiger partial charge in [-0.05, 0) is 49.6 Å². The van der Waals surface area contributed by atoms with Gasteiger partial charge in [0.1, 0.15) is 11.6 Å². The summed E-state index contributed by atoms with van der Waals surface area (Å²) in [6.45, 7) is 2.51. The van der Waals surface area contributed by atoms with Crippen LogP contribution in [-0.4, -0.2) is 34.7 Å². The number of carbonyl (C=O) groups excluding carboxylic acids is 2. The molecule has 0 radical (unpaired) electrons. The molecule has 5 nitrogen and oxygen atoms in total. The number of Topliss-reactive ketones (excluding diaryl/α,β-unsaturated/α-hetero) is 1. The van der Waals surface area contributed by atoms with Crippen LogP contribution in [0.5, 0.6) is 0 Å². The highest BCUT2D eigenvalue weighted by molar-refractivity contribution is 5.98. The summed E-state index contributed by atoms with van der Waals surface area (Å²) in [6, 6.07) is 15.5. The monoisotopic (exact) mass is 392 g/mol. The number of hydrogen-bond donors (Lipinski definition) is 0. The van der Waals surface area contributed by atoms with E-state index in [1.165, 1.54) is 18.5 Å². The van der Waals surface area contributed by atoms with Gasteiger partial charge in [-0.25, -0.2) is 9.37 Å². The summed E-state index contributed by atoms with van der Waals surface area (Å²) in [5.74, 6) is -0.173. The summed E-state index contributed by atoms with van der Waals surface area (Å²) in [6.07, 6.45) is 2.34. The lowest BCUT2D eigenvalue weighted by Gasteiger charge is -2.40. The molecule has 148 valence electrons. The van der Waals surface area contributed by atoms with Crippen LogP contribution in [0.4, 0.5) is 4.39 Å². The maximum Gasteiger partial charge on any atom is 0.276 e. The molecule has 29 heavy (non-hydrogen) atoms. The Kier molecular flexibility index (Phi) is 5.01. The van der Waals surface area contributed by atoms with Crippen LogP contribution in [0.1, 0.15) is 35.8 Å². The molecule has 2 heterocycles. The van der Waals surface area contributed by atoms with Gasteiger partial charge in [0.15, 0.2) is 17.8 Å². The van der Waals surface area contributed by atoms with Crippen LogP contribution in [0.25, 0.3) is 11.3 Å². The fraction of sp³-hybridized carbons (Fsp3) is 0.261. The number of aromatic nitrogens is 1. The van der Waals surface area contributed by atoms with Gasteiger partial charge in [-0.15, -0.1) is 0 Å². The van der Waals surface area contributed by atoms with Crippen LogP contribution >= 0.6 is 0 Å². The van der Waals surface area contributed by atoms with E-state index in [-0.39, 0.29) is 23.2 Å². The van der Waals surface area contributed by atoms with Gasteiger partial charge in [-0.3, -0.25) is 9.59 Å². The zero-order valence-electron chi connectivity index (χ0n) is 16.1. The highest BCUT2D eigenvalue weighted by Gasteiger charge is 2.41. The lowest BCUT2D eigenvalue weighted by molar-refractivity contribution is -0.124. The Balaban J connectivity index is 1.55. The highest BCUT2D eigenvalue weighted by Crippen LogP contribution is 2.37. The molecule has 4 rings (SSSR count). The zero-order chi connectivity index (χ0) is 20.4. The molecule has 0 saturated carbocycles. The molecule has 3 aromatic rings. The maximum atomic E-state index is 13.2. The Morgan fingerprint density at radius 1 is 1.03 bits per heavy atom. The highest BCUT2D eigenvalue weighted by atomic mass is 19.1. The van der Waals surface area contributed by atoms with E-state index in [1.54, 1.807) is 24.0 Å². The van der Waals surface area contributed by atoms with Gasteiger partial charge in [-0.1, -0.05) is 30.3 Å². The Morgan fingerprint density at radius 2 is 1.69 bits per heavy atom. The molecule has 1 aromatic heterocycles. The number of likely N-dealkylation sites (tertiary alicyclic amines) is 1. The first kappa shape index (κ1) is 19.1. The van der Waals surface area contributed by atoms with Crippen LogP contribution < -0.4 is 0 Å². The number of benzene rings is 2. The average molecular weight is 392 g/mol. The quantitative estimate of drug-likeness (QED) is 0.666. The summed E-state index contributed by atoms with van der Waals surface area (Å²) in [5, 5.41) is 0. The molecular weight excluding hydrogens is 371 g/mol. The number of carbonyl (C=O) groups is 2. The molecule has 1 amide bonds. The van der Waals surface area contributed by atoms with E-state index in [2.05, 4.69) is 4.98 Å². The summed E-state index contributed by atoms with van der Waals surface area (Å²) in [7, 11) is 0. The van der Waals surface area contributed by atoms with Crippen molar-refractivity contribution in [3.05, 3.63) is 78.1 Å². The van der Waals surface area contributed by atoms with Crippen molar-refractivity contribution in [3.63, 3.8) is 0 Å². The standard InChI is InChI=1S/C23H21FN2O3/c1-16(27)23(18-5-3-2-4-6-18)11-13-26(14-12-23)22(28)20-21(29-15-25-20)17-7-9-19(24)10-8-17/h2-10,15H,11-14H2,1H3. The minimum absolute atomic E-state index is 0.115. The fourth-order valence-corrected chi connectivity index (χ4v) is 4.05. The van der Waals surface area contributed by atoms with Gasteiger partial charge >= 0.3 is 0 Å². The van der Waals surface area contributed by atoms with Crippen molar-refractivity contribution >= 4 is 11.7 Å². The van der Waals surface area contributed by atoms with E-state index in [9.17, 15) is 14.0 Å². The second-order valence-corrected chi connectivity index (χ2v) is 7.33. The van der Waals surface area contributed by atoms with Gasteiger partial charge in [0.05, 0.1) is 5.41 Å². The Labute approximate surface area is 168 Å². The molecule has 1 saturated heterocycles. The lowest BCUT2D eigenvalue weighted by atomic mass is 9.70. The molecule has 2 aromatic carbocycles. The second kappa shape index (κ2) is 7.62. The van der Waals surface area contributed by atoms with Gasteiger partial charge in [0.2, 0.25) is 0 Å². The molecule has 1 fully saturated rings. The summed E-state index contributed by atoms with van der Waals surface area (Å²) < 4.78 is 18.6. The SMILES string of the molecule is CC(=O)C1(c2ccccc2)CCN(C(=O)c2ncoc2-c2ccc(F)cc2)CC1. The summed E-state index contributed by atoms with van der Waals surface area (Å²) in [5.41, 5.74) is 1.22. The molecule has 0 bridgehead atoms. The van der Waals surface area contributed by atoms with Gasteiger partial charge < -0.3 is 9.32 Å². The third kappa shape index (κ3) is 3.46. The normalized spacial score (nSPS) is 15.9. The van der Waals surface area contributed by atoms with Crippen molar-refractivity contribution in [2.45, 2.75) is 25.2 Å². The van der Waals surface area contributed by atoms with Crippen molar-refractivity contribution in [1.29, 1.82) is 0 Å². The Hall–Kier alpha value is -3.28. The first-order chi connectivity index (χ1) is 14.0. The van der Waals surface area contributed by atoms with Crippen molar-refractivity contribution in [3.8, 4) is 11.3 Å². The van der Waals surface area contributed by atoms with E-state index in [0.29, 0.717) is 37.3 Å². The number of nitrogens with zero attached hydrogens (tertiary/aromatic N) is 2. The van der Waals surface area contributed by atoms with E-state index in [0.717, 1.165) is 5.56 Å². The number of amides is 1. The first-order valence-corrected chi connectivity index (χ1v) is 9.56. The van der Waals surface area contributed by atoms with E-state index in [4.69, 9.17) is 4.42 Å². The molecule has 6 heteroatoms. The maximum absolute atomic E-state index is 13.2. The van der Waals surface area contributed by atoms with E-state index >= 15 is 0 Å². The number of ketones is 1. The molecular formula is C23H21FN2O3. The van der Waals surface area contributed by atoms with Crippen molar-refractivity contribution in [1.82, 2.24) is 9.88 Å². The largest absolute Gasteiger partial charge is 0.443 e. The number of oxazole rings is 1. The molecule has 1 aliphatic rings. The number of hydrogen-bond acceptors (Lipinski definition) is 4. The third-order valence-corrected chi connectivity index (χ3v) is 5.78. The van der Waals surface area contributed by atoms with Crippen LogP contribution in [0.2, 0.25) is 0 Å². The molecule has 1 aliphatic heterocycles. The number of piperidine rings is 1. The van der Waals surface area contributed by atoms with Crippen molar-refractivity contribution in [2.24, 2.45) is 0 Å². The predicted octanol–water partition coefficient (Wildman–Crippen LogP) is 4.24. The first-order valence-electron chi connectivity index (χ1n) is 9.56. The molecule has 0 aliphatic carbocycles.